The minimum Gasteiger partial charge on any atom is -0.455 e. The van der Waals surface area contributed by atoms with Crippen LogP contribution < -0.4 is 4.90 Å². The summed E-state index contributed by atoms with van der Waals surface area (Å²) >= 11 is 1.85. The predicted molar refractivity (Wildman–Crippen MR) is 247 cm³/mol. The van der Waals surface area contributed by atoms with E-state index >= 15 is 0 Å². The van der Waals surface area contributed by atoms with Crippen molar-refractivity contribution < 1.29 is 4.42 Å². The zero-order valence-electron chi connectivity index (χ0n) is 31.3. The molecule has 0 saturated heterocycles. The van der Waals surface area contributed by atoms with Gasteiger partial charge in [0.15, 0.2) is 0 Å². The molecule has 9 aromatic carbocycles. The summed E-state index contributed by atoms with van der Waals surface area (Å²) in [5.74, 6) is 0. The van der Waals surface area contributed by atoms with E-state index in [1.807, 2.05) is 17.4 Å². The van der Waals surface area contributed by atoms with Crippen molar-refractivity contribution in [2.24, 2.45) is 0 Å². The minimum atomic E-state index is 0.892. The second-order valence-corrected chi connectivity index (χ2v) is 15.9. The summed E-state index contributed by atoms with van der Waals surface area (Å²) in [5, 5.41) is 7.22. The Bertz CT molecular complexity index is 3500. The predicted octanol–water partition coefficient (Wildman–Crippen LogP) is 15.9. The molecule has 0 unspecified atom stereocenters. The zero-order chi connectivity index (χ0) is 38.2. The summed E-state index contributed by atoms with van der Waals surface area (Å²) in [6, 6.07) is 74.4. The van der Waals surface area contributed by atoms with E-state index in [1.165, 1.54) is 42.0 Å². The molecule has 0 atom stereocenters. The average molecular weight is 759 g/mol. The molecule has 0 bridgehead atoms. The number of aromatic nitrogens is 1. The highest BCUT2D eigenvalue weighted by molar-refractivity contribution is 7.26. The van der Waals surface area contributed by atoms with Crippen molar-refractivity contribution in [3.8, 4) is 27.9 Å². The van der Waals surface area contributed by atoms with Crippen LogP contribution in [0.1, 0.15) is 0 Å². The summed E-state index contributed by atoms with van der Waals surface area (Å²) in [6.07, 6.45) is 0. The molecule has 0 spiro atoms. The molecule has 3 heterocycles. The van der Waals surface area contributed by atoms with Crippen molar-refractivity contribution in [2.45, 2.75) is 0 Å². The number of rotatable bonds is 6. The van der Waals surface area contributed by atoms with Gasteiger partial charge < -0.3 is 13.9 Å². The number of furan rings is 1. The van der Waals surface area contributed by atoms with Gasteiger partial charge in [-0.05, 0) is 89.5 Å². The summed E-state index contributed by atoms with van der Waals surface area (Å²) < 4.78 is 11.5. The van der Waals surface area contributed by atoms with E-state index in [1.54, 1.807) is 0 Å². The van der Waals surface area contributed by atoms with E-state index in [-0.39, 0.29) is 0 Å². The van der Waals surface area contributed by atoms with Crippen LogP contribution in [-0.2, 0) is 0 Å². The molecule has 0 aliphatic heterocycles. The van der Waals surface area contributed by atoms with Crippen molar-refractivity contribution in [1.29, 1.82) is 0 Å². The van der Waals surface area contributed by atoms with Gasteiger partial charge in [0, 0.05) is 58.7 Å². The highest BCUT2D eigenvalue weighted by atomic mass is 32.1. The Labute approximate surface area is 338 Å². The Kier molecular flexibility index (Phi) is 7.40. The van der Waals surface area contributed by atoms with Crippen LogP contribution in [0.3, 0.4) is 0 Å². The van der Waals surface area contributed by atoms with Crippen LogP contribution in [0.25, 0.3) is 91.9 Å². The number of fused-ring (bicyclic) bond motifs is 9. The monoisotopic (exact) mass is 758 g/mol. The Morgan fingerprint density at radius 3 is 1.90 bits per heavy atom. The van der Waals surface area contributed by atoms with Crippen molar-refractivity contribution in [2.75, 3.05) is 4.90 Å². The molecule has 12 rings (SSSR count). The molecule has 272 valence electrons. The maximum absolute atomic E-state index is 6.52. The van der Waals surface area contributed by atoms with Crippen molar-refractivity contribution in [1.82, 2.24) is 4.57 Å². The number of thiophene rings is 1. The van der Waals surface area contributed by atoms with Crippen LogP contribution in [-0.4, -0.2) is 4.57 Å². The summed E-state index contributed by atoms with van der Waals surface area (Å²) in [4.78, 5) is 2.48. The third-order valence-corrected chi connectivity index (χ3v) is 12.7. The number of benzene rings is 9. The van der Waals surface area contributed by atoms with Crippen LogP contribution in [0.15, 0.2) is 211 Å². The Morgan fingerprint density at radius 2 is 1.05 bits per heavy atom. The molecule has 0 radical (unpaired) electrons. The fourth-order valence-corrected chi connectivity index (χ4v) is 10.1. The first-order valence-corrected chi connectivity index (χ1v) is 20.5. The molecule has 0 amide bonds. The highest BCUT2D eigenvalue weighted by Crippen LogP contribution is 2.48. The second kappa shape index (κ2) is 13.1. The lowest BCUT2D eigenvalue weighted by Crippen LogP contribution is -2.11. The van der Waals surface area contributed by atoms with Crippen LogP contribution in [0.5, 0.6) is 0 Å². The number of para-hydroxylation sites is 3. The molecule has 0 saturated carbocycles. The number of anilines is 3. The van der Waals surface area contributed by atoms with Gasteiger partial charge in [-0.3, -0.25) is 0 Å². The molecule has 0 N–H and O–H groups in total. The van der Waals surface area contributed by atoms with Crippen molar-refractivity contribution in [3.63, 3.8) is 0 Å². The van der Waals surface area contributed by atoms with Crippen molar-refractivity contribution >= 4 is 92.3 Å². The lowest BCUT2D eigenvalue weighted by atomic mass is 9.99. The van der Waals surface area contributed by atoms with Crippen LogP contribution in [0.4, 0.5) is 17.1 Å². The Balaban J connectivity index is 1.06. The Hall–Kier alpha value is -7.40. The molecule has 0 aliphatic carbocycles. The van der Waals surface area contributed by atoms with Gasteiger partial charge in [0.1, 0.15) is 11.2 Å². The molecular weight excluding hydrogens is 725 g/mol. The third-order valence-electron chi connectivity index (χ3n) is 11.6. The first-order chi connectivity index (χ1) is 28.8. The van der Waals surface area contributed by atoms with E-state index < -0.39 is 0 Å². The van der Waals surface area contributed by atoms with Gasteiger partial charge in [0.2, 0.25) is 0 Å². The lowest BCUT2D eigenvalue weighted by Gasteiger charge is -2.27. The quantitative estimate of drug-likeness (QED) is 0.168. The Morgan fingerprint density at radius 1 is 0.414 bits per heavy atom. The van der Waals surface area contributed by atoms with E-state index in [0.717, 1.165) is 66.9 Å². The summed E-state index contributed by atoms with van der Waals surface area (Å²) in [7, 11) is 0. The highest BCUT2D eigenvalue weighted by Gasteiger charge is 2.24. The van der Waals surface area contributed by atoms with Gasteiger partial charge in [-0.15, -0.1) is 11.3 Å². The molecular formula is C54H34N2OS. The van der Waals surface area contributed by atoms with Crippen LogP contribution in [0, 0.1) is 0 Å². The van der Waals surface area contributed by atoms with Gasteiger partial charge in [0.05, 0.1) is 22.4 Å². The first kappa shape index (κ1) is 32.8. The second-order valence-electron chi connectivity index (χ2n) is 14.9. The average Bonchev–Trinajstić information content (AvgIpc) is 3.97. The van der Waals surface area contributed by atoms with Gasteiger partial charge in [0.25, 0.3) is 0 Å². The van der Waals surface area contributed by atoms with Crippen LogP contribution in [0.2, 0.25) is 0 Å². The normalized spacial score (nSPS) is 11.8. The van der Waals surface area contributed by atoms with Crippen LogP contribution >= 0.6 is 11.3 Å². The summed E-state index contributed by atoms with van der Waals surface area (Å²) in [6.45, 7) is 0. The van der Waals surface area contributed by atoms with Gasteiger partial charge in [-0.25, -0.2) is 0 Å². The fourth-order valence-electron chi connectivity index (χ4n) is 9.02. The molecule has 0 fully saturated rings. The largest absolute Gasteiger partial charge is 0.455 e. The molecule has 4 heteroatoms. The van der Waals surface area contributed by atoms with E-state index in [4.69, 9.17) is 4.42 Å². The van der Waals surface area contributed by atoms with Crippen molar-refractivity contribution in [3.05, 3.63) is 206 Å². The van der Waals surface area contributed by atoms with Gasteiger partial charge in [-0.1, -0.05) is 133 Å². The number of hydrogen-bond acceptors (Lipinski definition) is 3. The van der Waals surface area contributed by atoms with E-state index in [9.17, 15) is 0 Å². The zero-order valence-corrected chi connectivity index (χ0v) is 32.2. The fraction of sp³-hybridized carbons (Fsp3) is 0. The third kappa shape index (κ3) is 5.05. The topological polar surface area (TPSA) is 21.3 Å². The van der Waals surface area contributed by atoms with Gasteiger partial charge >= 0.3 is 0 Å². The standard InChI is InChI=1S/C54H34N2OS/c1-3-14-36(15-4-1)40-20-11-21-41-44-34-37(30-33-49(44)57-54(40)41)35-28-31-39(32-29-35)56(48-25-13-27-51-53(48)43-19-8-10-26-50(43)58-51)47-24-12-23-46-52(47)42-18-7-9-22-45(42)55(46)38-16-5-2-6-17-38/h1-34H. The molecule has 3 nitrogen and oxygen atoms in total. The van der Waals surface area contributed by atoms with E-state index in [0.29, 0.717) is 0 Å². The first-order valence-electron chi connectivity index (χ1n) is 19.7. The van der Waals surface area contributed by atoms with E-state index in [2.05, 4.69) is 210 Å². The summed E-state index contributed by atoms with van der Waals surface area (Å²) in [5.41, 5.74) is 13.3. The minimum absolute atomic E-state index is 0.892. The smallest absolute Gasteiger partial charge is 0.143 e. The number of nitrogens with zero attached hydrogens (tertiary/aromatic N) is 2. The molecule has 12 aromatic rings. The number of hydrogen-bond donors (Lipinski definition) is 0. The maximum atomic E-state index is 6.52. The van der Waals surface area contributed by atoms with Gasteiger partial charge in [-0.2, -0.15) is 0 Å². The SMILES string of the molecule is c1ccc(-c2cccc3c2oc2ccc(-c4ccc(N(c5cccc6sc7ccccc7c56)c5cccc6c5c5ccccc5n6-c5ccccc5)cc4)cc23)cc1. The molecule has 58 heavy (non-hydrogen) atoms. The lowest BCUT2D eigenvalue weighted by molar-refractivity contribution is 0.670. The molecule has 0 aliphatic rings. The molecule has 3 aromatic heterocycles. The maximum Gasteiger partial charge on any atom is 0.143 e.